The lowest BCUT2D eigenvalue weighted by molar-refractivity contribution is 0.377. The van der Waals surface area contributed by atoms with Crippen molar-refractivity contribution in [3.05, 3.63) is 29.8 Å². The fourth-order valence-corrected chi connectivity index (χ4v) is 2.85. The predicted molar refractivity (Wildman–Crippen MR) is 70.5 cm³/mol. The number of piperidine rings is 1. The van der Waals surface area contributed by atoms with Crippen molar-refractivity contribution in [2.45, 2.75) is 30.7 Å². The Labute approximate surface area is 108 Å². The first-order valence-electron chi connectivity index (χ1n) is 6.13. The van der Waals surface area contributed by atoms with Gasteiger partial charge in [0, 0.05) is 12.6 Å². The third kappa shape index (κ3) is 3.52. The summed E-state index contributed by atoms with van der Waals surface area (Å²) in [6, 6.07) is 6.95. The smallest absolute Gasteiger partial charge is 0.253 e. The molecule has 3 N–H and O–H groups in total. The van der Waals surface area contributed by atoms with Crippen LogP contribution in [0.1, 0.15) is 18.4 Å². The van der Waals surface area contributed by atoms with Crippen LogP contribution in [0, 0.1) is 6.92 Å². The molecule has 1 aromatic rings. The van der Waals surface area contributed by atoms with Gasteiger partial charge in [0.15, 0.2) is 0 Å². The molecule has 0 amide bonds. The van der Waals surface area contributed by atoms with E-state index >= 15 is 0 Å². The van der Waals surface area contributed by atoms with Crippen LogP contribution in [-0.2, 0) is 10.0 Å². The molecule has 100 valence electrons. The molecule has 0 spiro atoms. The molecule has 1 unspecified atom stereocenters. The summed E-state index contributed by atoms with van der Waals surface area (Å²) in [5.41, 5.74) is 3.91. The lowest BCUT2D eigenvalue weighted by Crippen LogP contribution is -2.50. The fraction of sp³-hybridized carbons (Fsp3) is 0.500. The van der Waals surface area contributed by atoms with Gasteiger partial charge in [0.2, 0.25) is 0 Å². The molecule has 18 heavy (non-hydrogen) atoms. The summed E-state index contributed by atoms with van der Waals surface area (Å²) in [7, 11) is -3.47. The van der Waals surface area contributed by atoms with Gasteiger partial charge in [-0.3, -0.25) is 0 Å². The van der Waals surface area contributed by atoms with E-state index in [0.29, 0.717) is 0 Å². The second-order valence-corrected chi connectivity index (χ2v) is 6.29. The number of sulfonamides is 1. The van der Waals surface area contributed by atoms with Crippen LogP contribution in [0.3, 0.4) is 0 Å². The van der Waals surface area contributed by atoms with Crippen LogP contribution < -0.4 is 15.6 Å². The molecule has 1 heterocycles. The minimum Gasteiger partial charge on any atom is -0.315 e. The lowest BCUT2D eigenvalue weighted by Gasteiger charge is -2.23. The Bertz CT molecular complexity index is 479. The first-order chi connectivity index (χ1) is 8.58. The summed E-state index contributed by atoms with van der Waals surface area (Å²) < 4.78 is 24.0. The van der Waals surface area contributed by atoms with Crippen LogP contribution in [0.5, 0.6) is 0 Å². The molecule has 1 aliphatic rings. The van der Waals surface area contributed by atoms with E-state index in [2.05, 4.69) is 15.6 Å². The summed E-state index contributed by atoms with van der Waals surface area (Å²) in [5, 5.41) is 3.22. The average Bonchev–Trinajstić information content (AvgIpc) is 2.38. The zero-order chi connectivity index (χ0) is 13.0. The third-order valence-electron chi connectivity index (χ3n) is 3.03. The molecular weight excluding hydrogens is 250 g/mol. The molecule has 0 aliphatic carbocycles. The van der Waals surface area contributed by atoms with Crippen molar-refractivity contribution in [3.63, 3.8) is 0 Å². The highest BCUT2D eigenvalue weighted by Crippen LogP contribution is 2.09. The van der Waals surface area contributed by atoms with Crippen LogP contribution in [0.15, 0.2) is 29.2 Å². The largest absolute Gasteiger partial charge is 0.315 e. The highest BCUT2D eigenvalue weighted by Gasteiger charge is 2.17. The van der Waals surface area contributed by atoms with E-state index in [1.807, 2.05) is 6.92 Å². The number of aryl methyl sites for hydroxylation is 1. The van der Waals surface area contributed by atoms with E-state index in [9.17, 15) is 8.42 Å². The molecule has 6 heteroatoms. The van der Waals surface area contributed by atoms with Gasteiger partial charge in [0.25, 0.3) is 10.0 Å². The SMILES string of the molecule is Cc1ccc(S(=O)(=O)NNC2CCCNC2)cc1. The Morgan fingerprint density at radius 2 is 2.00 bits per heavy atom. The minimum absolute atomic E-state index is 0.152. The van der Waals surface area contributed by atoms with E-state index < -0.39 is 10.0 Å². The predicted octanol–water partition coefficient (Wildman–Crippen LogP) is 0.530. The summed E-state index contributed by atoms with van der Waals surface area (Å²) in [6.45, 7) is 3.72. The Morgan fingerprint density at radius 1 is 1.28 bits per heavy atom. The molecular formula is C12H19N3O2S. The van der Waals surface area contributed by atoms with Gasteiger partial charge in [-0.1, -0.05) is 17.7 Å². The van der Waals surface area contributed by atoms with E-state index in [1.54, 1.807) is 24.3 Å². The normalized spacial score (nSPS) is 20.8. The minimum atomic E-state index is -3.47. The molecule has 5 nitrogen and oxygen atoms in total. The number of hydrazine groups is 1. The first kappa shape index (κ1) is 13.5. The van der Waals surface area contributed by atoms with Gasteiger partial charge in [-0.2, -0.15) is 0 Å². The number of hydrogen-bond acceptors (Lipinski definition) is 4. The monoisotopic (exact) mass is 269 g/mol. The summed E-state index contributed by atoms with van der Waals surface area (Å²) in [6.07, 6.45) is 2.04. The van der Waals surface area contributed by atoms with Gasteiger partial charge in [0.1, 0.15) is 0 Å². The van der Waals surface area contributed by atoms with Crippen LogP contribution in [0.25, 0.3) is 0 Å². The van der Waals surface area contributed by atoms with Gasteiger partial charge in [0.05, 0.1) is 4.90 Å². The maximum Gasteiger partial charge on any atom is 0.253 e. The van der Waals surface area contributed by atoms with Gasteiger partial charge in [-0.25, -0.2) is 13.8 Å². The van der Waals surface area contributed by atoms with Gasteiger partial charge in [-0.15, -0.1) is 4.83 Å². The average molecular weight is 269 g/mol. The van der Waals surface area contributed by atoms with Crippen LogP contribution in [0.2, 0.25) is 0 Å². The van der Waals surface area contributed by atoms with Crippen molar-refractivity contribution in [2.75, 3.05) is 13.1 Å². The molecule has 1 saturated heterocycles. The van der Waals surface area contributed by atoms with Crippen LogP contribution in [-0.4, -0.2) is 27.5 Å². The first-order valence-corrected chi connectivity index (χ1v) is 7.61. The topological polar surface area (TPSA) is 70.2 Å². The van der Waals surface area contributed by atoms with Crippen LogP contribution >= 0.6 is 0 Å². The van der Waals surface area contributed by atoms with Gasteiger partial charge >= 0.3 is 0 Å². The number of rotatable bonds is 4. The van der Waals surface area contributed by atoms with Crippen molar-refractivity contribution in [1.82, 2.24) is 15.6 Å². The standard InChI is InChI=1S/C12H19N3O2S/c1-10-4-6-12(7-5-10)18(16,17)15-14-11-3-2-8-13-9-11/h4-7,11,13-15H,2-3,8-9H2,1H3. The Hall–Kier alpha value is -0.950. The summed E-state index contributed by atoms with van der Waals surface area (Å²) >= 11 is 0. The maximum absolute atomic E-state index is 12.0. The number of benzene rings is 1. The molecule has 1 aromatic carbocycles. The fourth-order valence-electron chi connectivity index (χ4n) is 1.91. The number of hydrogen-bond donors (Lipinski definition) is 3. The zero-order valence-corrected chi connectivity index (χ0v) is 11.3. The molecule has 0 aromatic heterocycles. The lowest BCUT2D eigenvalue weighted by atomic mass is 10.1. The second kappa shape index (κ2) is 5.79. The van der Waals surface area contributed by atoms with E-state index in [-0.39, 0.29) is 10.9 Å². The summed E-state index contributed by atoms with van der Waals surface area (Å²) in [4.78, 5) is 2.73. The Morgan fingerprint density at radius 3 is 2.61 bits per heavy atom. The molecule has 1 aliphatic heterocycles. The Balaban J connectivity index is 1.96. The maximum atomic E-state index is 12.0. The third-order valence-corrected chi connectivity index (χ3v) is 4.30. The van der Waals surface area contributed by atoms with Crippen molar-refractivity contribution < 1.29 is 8.42 Å². The molecule has 0 radical (unpaired) electrons. The summed E-state index contributed by atoms with van der Waals surface area (Å²) in [5.74, 6) is 0. The van der Waals surface area contributed by atoms with Crippen molar-refractivity contribution >= 4 is 10.0 Å². The van der Waals surface area contributed by atoms with E-state index in [4.69, 9.17) is 0 Å². The molecule has 0 saturated carbocycles. The van der Waals surface area contributed by atoms with E-state index in [1.165, 1.54) is 0 Å². The van der Waals surface area contributed by atoms with Gasteiger partial charge < -0.3 is 5.32 Å². The Kier molecular flexibility index (Phi) is 4.34. The molecule has 1 atom stereocenters. The van der Waals surface area contributed by atoms with Crippen LogP contribution in [0.4, 0.5) is 0 Å². The van der Waals surface area contributed by atoms with Crippen molar-refractivity contribution in [2.24, 2.45) is 0 Å². The number of nitrogens with one attached hydrogen (secondary N) is 3. The van der Waals surface area contributed by atoms with Crippen molar-refractivity contribution in [3.8, 4) is 0 Å². The molecule has 0 bridgehead atoms. The molecule has 1 fully saturated rings. The quantitative estimate of drug-likeness (QED) is 0.697. The zero-order valence-electron chi connectivity index (χ0n) is 10.4. The molecule has 2 rings (SSSR count). The second-order valence-electron chi connectivity index (χ2n) is 4.61. The highest BCUT2D eigenvalue weighted by atomic mass is 32.2. The van der Waals surface area contributed by atoms with Crippen molar-refractivity contribution in [1.29, 1.82) is 0 Å². The highest BCUT2D eigenvalue weighted by molar-refractivity contribution is 7.89. The van der Waals surface area contributed by atoms with E-state index in [0.717, 1.165) is 31.5 Å². The van der Waals surface area contributed by atoms with Gasteiger partial charge in [-0.05, 0) is 38.4 Å².